The first-order chi connectivity index (χ1) is 15.8. The lowest BCUT2D eigenvalue weighted by atomic mass is 10.1. The van der Waals surface area contributed by atoms with Crippen LogP contribution in [0.2, 0.25) is 0 Å². The number of nitrogens with one attached hydrogen (secondary N) is 1. The van der Waals surface area contributed by atoms with Crippen LogP contribution in [0.4, 0.5) is 0 Å². The number of methoxy groups -OCH3 is 3. The first kappa shape index (κ1) is 25.8. The standard InChI is InChI=1S/C25H34N2O6/c1-17(2)14-26-25(29)18(3)27(15-19-8-7-9-20(10-19)30-4)24(28)16-33-23-12-21(31-5)11-22(13-23)32-6/h7-13,17-18H,14-16H2,1-6H3,(H,26,29)/t18-/m0/s1. The predicted octanol–water partition coefficient (Wildman–Crippen LogP) is 3.28. The van der Waals surface area contributed by atoms with Crippen molar-refractivity contribution in [3.63, 3.8) is 0 Å². The van der Waals surface area contributed by atoms with E-state index in [0.29, 0.717) is 35.5 Å². The average Bonchev–Trinajstić information content (AvgIpc) is 2.83. The third-order valence-corrected chi connectivity index (χ3v) is 5.03. The predicted molar refractivity (Wildman–Crippen MR) is 126 cm³/mol. The third-order valence-electron chi connectivity index (χ3n) is 5.03. The van der Waals surface area contributed by atoms with Gasteiger partial charge >= 0.3 is 0 Å². The SMILES string of the molecule is COc1cccc(CN(C(=O)COc2cc(OC)cc(OC)c2)[C@@H](C)C(=O)NCC(C)C)c1. The van der Waals surface area contributed by atoms with Crippen molar-refractivity contribution in [2.75, 3.05) is 34.5 Å². The Balaban J connectivity index is 2.20. The molecular formula is C25H34N2O6. The average molecular weight is 459 g/mol. The molecular weight excluding hydrogens is 424 g/mol. The van der Waals surface area contributed by atoms with Gasteiger partial charge in [0.05, 0.1) is 21.3 Å². The highest BCUT2D eigenvalue weighted by Gasteiger charge is 2.26. The first-order valence-electron chi connectivity index (χ1n) is 10.8. The number of carbonyl (C=O) groups is 2. The maximum atomic E-state index is 13.2. The molecule has 0 aromatic heterocycles. The quantitative estimate of drug-likeness (QED) is 0.525. The molecule has 1 atom stereocenters. The van der Waals surface area contributed by atoms with Crippen molar-refractivity contribution < 1.29 is 28.5 Å². The molecule has 0 fully saturated rings. The van der Waals surface area contributed by atoms with E-state index >= 15 is 0 Å². The minimum atomic E-state index is -0.689. The summed E-state index contributed by atoms with van der Waals surface area (Å²) in [4.78, 5) is 27.4. The summed E-state index contributed by atoms with van der Waals surface area (Å²) >= 11 is 0. The zero-order valence-electron chi connectivity index (χ0n) is 20.2. The Kier molecular flexibility index (Phi) is 9.84. The number of hydrogen-bond donors (Lipinski definition) is 1. The Morgan fingerprint density at radius 2 is 1.48 bits per heavy atom. The second kappa shape index (κ2) is 12.6. The number of amides is 2. The molecule has 0 spiro atoms. The minimum Gasteiger partial charge on any atom is -0.497 e. The van der Waals surface area contributed by atoms with E-state index in [1.54, 1.807) is 32.2 Å². The molecule has 1 N–H and O–H groups in total. The van der Waals surface area contributed by atoms with Crippen molar-refractivity contribution >= 4 is 11.8 Å². The summed E-state index contributed by atoms with van der Waals surface area (Å²) < 4.78 is 21.5. The molecule has 0 unspecified atom stereocenters. The van der Waals surface area contributed by atoms with E-state index in [-0.39, 0.29) is 25.0 Å². The molecule has 2 rings (SSSR count). The Labute approximate surface area is 195 Å². The van der Waals surface area contributed by atoms with E-state index in [0.717, 1.165) is 5.56 Å². The van der Waals surface area contributed by atoms with Crippen LogP contribution in [0.1, 0.15) is 26.3 Å². The van der Waals surface area contributed by atoms with E-state index < -0.39 is 6.04 Å². The summed E-state index contributed by atoms with van der Waals surface area (Å²) in [6, 6.07) is 11.8. The van der Waals surface area contributed by atoms with Crippen LogP contribution in [0.25, 0.3) is 0 Å². The molecule has 8 heteroatoms. The van der Waals surface area contributed by atoms with Gasteiger partial charge in [-0.25, -0.2) is 0 Å². The Hall–Kier alpha value is -3.42. The van der Waals surface area contributed by atoms with Gasteiger partial charge in [-0.2, -0.15) is 0 Å². The number of rotatable bonds is 12. The maximum absolute atomic E-state index is 13.2. The summed E-state index contributed by atoms with van der Waals surface area (Å²) in [5.74, 6) is 1.96. The lowest BCUT2D eigenvalue weighted by molar-refractivity contribution is -0.142. The third kappa shape index (κ3) is 7.89. The monoisotopic (exact) mass is 458 g/mol. The van der Waals surface area contributed by atoms with Gasteiger partial charge in [-0.15, -0.1) is 0 Å². The Morgan fingerprint density at radius 1 is 0.879 bits per heavy atom. The largest absolute Gasteiger partial charge is 0.497 e. The molecule has 180 valence electrons. The van der Waals surface area contributed by atoms with Crippen molar-refractivity contribution in [2.24, 2.45) is 5.92 Å². The number of hydrogen-bond acceptors (Lipinski definition) is 6. The second-order valence-electron chi connectivity index (χ2n) is 8.03. The lowest BCUT2D eigenvalue weighted by Gasteiger charge is -2.29. The van der Waals surface area contributed by atoms with Crippen molar-refractivity contribution in [1.82, 2.24) is 10.2 Å². The molecule has 0 heterocycles. The van der Waals surface area contributed by atoms with E-state index in [9.17, 15) is 9.59 Å². The van der Waals surface area contributed by atoms with Gasteiger partial charge in [0.1, 0.15) is 29.0 Å². The van der Waals surface area contributed by atoms with Crippen LogP contribution in [-0.4, -0.2) is 57.2 Å². The van der Waals surface area contributed by atoms with E-state index in [4.69, 9.17) is 18.9 Å². The molecule has 8 nitrogen and oxygen atoms in total. The van der Waals surface area contributed by atoms with Crippen LogP contribution in [0.5, 0.6) is 23.0 Å². The number of nitrogens with zero attached hydrogens (tertiary/aromatic N) is 1. The highest BCUT2D eigenvalue weighted by atomic mass is 16.5. The summed E-state index contributed by atoms with van der Waals surface area (Å²) in [7, 11) is 4.66. The molecule has 0 radical (unpaired) electrons. The second-order valence-corrected chi connectivity index (χ2v) is 8.03. The van der Waals surface area contributed by atoms with Crippen LogP contribution in [-0.2, 0) is 16.1 Å². The number of ether oxygens (including phenoxy) is 4. The van der Waals surface area contributed by atoms with Gasteiger partial charge in [-0.05, 0) is 30.5 Å². The fourth-order valence-electron chi connectivity index (χ4n) is 3.10. The van der Waals surface area contributed by atoms with Gasteiger partial charge in [0.15, 0.2) is 6.61 Å². The normalized spacial score (nSPS) is 11.5. The minimum absolute atomic E-state index is 0.219. The van der Waals surface area contributed by atoms with Crippen molar-refractivity contribution in [1.29, 1.82) is 0 Å². The molecule has 2 amide bonds. The molecule has 33 heavy (non-hydrogen) atoms. The van der Waals surface area contributed by atoms with Crippen molar-refractivity contribution in [3.8, 4) is 23.0 Å². The van der Waals surface area contributed by atoms with E-state index in [1.165, 1.54) is 19.1 Å². The fraction of sp³-hybridized carbons (Fsp3) is 0.440. The molecule has 0 saturated heterocycles. The van der Waals surface area contributed by atoms with Crippen molar-refractivity contribution in [2.45, 2.75) is 33.4 Å². The van der Waals surface area contributed by atoms with Gasteiger partial charge < -0.3 is 29.2 Å². The van der Waals surface area contributed by atoms with Crippen LogP contribution >= 0.6 is 0 Å². The van der Waals surface area contributed by atoms with Gasteiger partial charge in [0.25, 0.3) is 5.91 Å². The molecule has 0 aliphatic carbocycles. The molecule has 0 aliphatic rings. The molecule has 0 aliphatic heterocycles. The summed E-state index contributed by atoms with van der Waals surface area (Å²) in [6.07, 6.45) is 0. The van der Waals surface area contributed by atoms with E-state index in [2.05, 4.69) is 5.32 Å². The Bertz CT molecular complexity index is 909. The summed E-state index contributed by atoms with van der Waals surface area (Å²) in [5.41, 5.74) is 0.842. The zero-order valence-corrected chi connectivity index (χ0v) is 20.2. The van der Waals surface area contributed by atoms with E-state index in [1.807, 2.05) is 38.1 Å². The van der Waals surface area contributed by atoms with Crippen LogP contribution in [0.3, 0.4) is 0 Å². The fourth-order valence-corrected chi connectivity index (χ4v) is 3.10. The smallest absolute Gasteiger partial charge is 0.261 e. The molecule has 0 saturated carbocycles. The first-order valence-corrected chi connectivity index (χ1v) is 10.8. The number of carbonyl (C=O) groups excluding carboxylic acids is 2. The zero-order chi connectivity index (χ0) is 24.4. The maximum Gasteiger partial charge on any atom is 0.261 e. The highest BCUT2D eigenvalue weighted by Crippen LogP contribution is 2.27. The van der Waals surface area contributed by atoms with Crippen LogP contribution in [0.15, 0.2) is 42.5 Å². The lowest BCUT2D eigenvalue weighted by Crippen LogP contribution is -2.49. The van der Waals surface area contributed by atoms with Gasteiger partial charge in [-0.3, -0.25) is 9.59 Å². The molecule has 0 bridgehead atoms. The summed E-state index contributed by atoms with van der Waals surface area (Å²) in [5, 5.41) is 2.90. The topological polar surface area (TPSA) is 86.3 Å². The Morgan fingerprint density at radius 3 is 2.06 bits per heavy atom. The summed E-state index contributed by atoms with van der Waals surface area (Å²) in [6.45, 7) is 6.26. The van der Waals surface area contributed by atoms with Crippen LogP contribution in [0, 0.1) is 5.92 Å². The molecule has 2 aromatic rings. The van der Waals surface area contributed by atoms with Gasteiger partial charge in [0.2, 0.25) is 5.91 Å². The number of benzene rings is 2. The van der Waals surface area contributed by atoms with Crippen LogP contribution < -0.4 is 24.3 Å². The van der Waals surface area contributed by atoms with Crippen molar-refractivity contribution in [3.05, 3.63) is 48.0 Å². The highest BCUT2D eigenvalue weighted by molar-refractivity contribution is 5.88. The van der Waals surface area contributed by atoms with Gasteiger partial charge in [-0.1, -0.05) is 26.0 Å². The molecule has 2 aromatic carbocycles. The van der Waals surface area contributed by atoms with Gasteiger partial charge in [0, 0.05) is 31.3 Å².